The van der Waals surface area contributed by atoms with Crippen molar-refractivity contribution in [1.29, 1.82) is 0 Å². The number of pyridine rings is 1. The Morgan fingerprint density at radius 3 is 2.56 bits per heavy atom. The Morgan fingerprint density at radius 2 is 1.81 bits per heavy atom. The summed E-state index contributed by atoms with van der Waals surface area (Å²) < 4.78 is 2.30. The molecule has 0 radical (unpaired) electrons. The molecule has 1 saturated carbocycles. The van der Waals surface area contributed by atoms with Crippen LogP contribution in [0.1, 0.15) is 74.5 Å². The Morgan fingerprint density at radius 1 is 1.04 bits per heavy atom. The third kappa shape index (κ3) is 3.40. The molecule has 4 rings (SSSR count). The molecule has 1 aromatic heterocycles. The zero-order chi connectivity index (χ0) is 19.0. The molecule has 1 aliphatic carbocycles. The molecule has 1 heterocycles. The van der Waals surface area contributed by atoms with Crippen LogP contribution in [0.15, 0.2) is 48.7 Å². The first-order valence-electron chi connectivity index (χ1n) is 10.6. The monoisotopic (exact) mass is 358 g/mol. The summed E-state index contributed by atoms with van der Waals surface area (Å²) in [7, 11) is 2.18. The fourth-order valence-corrected chi connectivity index (χ4v) is 4.68. The Hall–Kier alpha value is -2.15. The van der Waals surface area contributed by atoms with E-state index >= 15 is 0 Å². The second kappa shape index (κ2) is 7.46. The number of nitrogens with zero attached hydrogens (tertiary/aromatic N) is 1. The summed E-state index contributed by atoms with van der Waals surface area (Å²) in [5, 5.41) is 2.71. The molecule has 1 fully saturated rings. The van der Waals surface area contributed by atoms with Gasteiger partial charge in [-0.25, -0.2) is 4.57 Å². The molecule has 1 atom stereocenters. The predicted molar refractivity (Wildman–Crippen MR) is 115 cm³/mol. The highest BCUT2D eigenvalue weighted by molar-refractivity contribution is 5.94. The van der Waals surface area contributed by atoms with Gasteiger partial charge in [-0.1, -0.05) is 51.0 Å². The number of hydrogen-bond acceptors (Lipinski definition) is 0. The van der Waals surface area contributed by atoms with Gasteiger partial charge in [-0.3, -0.25) is 0 Å². The van der Waals surface area contributed by atoms with Gasteiger partial charge in [0.25, 0.3) is 0 Å². The SMILES string of the molecule is CCC(C)c1ccc2c(-c3cc(C4CCCC4)ccc3C)[n+](C)ccc2c1. The number of rotatable bonds is 4. The number of benzene rings is 2. The summed E-state index contributed by atoms with van der Waals surface area (Å²) in [6.07, 6.45) is 8.87. The van der Waals surface area contributed by atoms with Gasteiger partial charge >= 0.3 is 0 Å². The molecular weight excluding hydrogens is 326 g/mol. The fraction of sp³-hybridized carbons (Fsp3) is 0.423. The Balaban J connectivity index is 1.88. The van der Waals surface area contributed by atoms with E-state index in [1.54, 1.807) is 0 Å². The van der Waals surface area contributed by atoms with Crippen molar-refractivity contribution in [2.24, 2.45) is 7.05 Å². The van der Waals surface area contributed by atoms with Gasteiger partial charge < -0.3 is 0 Å². The minimum atomic E-state index is 0.610. The molecule has 3 aromatic rings. The third-order valence-electron chi connectivity index (χ3n) is 6.69. The Bertz CT molecular complexity index is 963. The van der Waals surface area contributed by atoms with Crippen LogP contribution in [0, 0.1) is 6.92 Å². The van der Waals surface area contributed by atoms with Crippen molar-refractivity contribution in [2.75, 3.05) is 0 Å². The quantitative estimate of drug-likeness (QED) is 0.451. The number of aryl methyl sites for hydroxylation is 2. The lowest BCUT2D eigenvalue weighted by Crippen LogP contribution is -2.30. The number of aromatic nitrogens is 1. The molecule has 1 aliphatic rings. The fourth-order valence-electron chi connectivity index (χ4n) is 4.68. The largest absolute Gasteiger partial charge is 0.220 e. The van der Waals surface area contributed by atoms with Gasteiger partial charge in [0, 0.05) is 11.6 Å². The van der Waals surface area contributed by atoms with Gasteiger partial charge in [-0.15, -0.1) is 0 Å². The van der Waals surface area contributed by atoms with E-state index in [1.165, 1.54) is 70.8 Å². The minimum absolute atomic E-state index is 0.610. The standard InChI is InChI=1S/C26H32N/c1-5-18(2)21-12-13-24-23(16-21)14-15-27(4)26(24)25-17-22(11-10-19(25)3)20-8-6-7-9-20/h10-18,20H,5-9H2,1-4H3/q+1. The van der Waals surface area contributed by atoms with Crippen molar-refractivity contribution in [3.05, 3.63) is 65.4 Å². The van der Waals surface area contributed by atoms with Crippen LogP contribution in [-0.2, 0) is 7.05 Å². The Labute approximate surface area is 164 Å². The second-order valence-electron chi connectivity index (χ2n) is 8.49. The summed E-state index contributed by atoms with van der Waals surface area (Å²) in [6.45, 7) is 6.84. The van der Waals surface area contributed by atoms with Crippen molar-refractivity contribution >= 4 is 10.8 Å². The lowest BCUT2D eigenvalue weighted by atomic mass is 9.90. The van der Waals surface area contributed by atoms with E-state index < -0.39 is 0 Å². The van der Waals surface area contributed by atoms with E-state index in [9.17, 15) is 0 Å². The van der Waals surface area contributed by atoms with Gasteiger partial charge in [0.15, 0.2) is 6.20 Å². The van der Waals surface area contributed by atoms with E-state index in [0.717, 1.165) is 5.92 Å². The molecule has 2 aromatic carbocycles. The van der Waals surface area contributed by atoms with Crippen LogP contribution < -0.4 is 4.57 Å². The molecule has 1 nitrogen and oxygen atoms in total. The predicted octanol–water partition coefficient (Wildman–Crippen LogP) is 6.81. The molecule has 0 aliphatic heterocycles. The number of fused-ring (bicyclic) bond motifs is 1. The van der Waals surface area contributed by atoms with Crippen molar-refractivity contribution < 1.29 is 4.57 Å². The minimum Gasteiger partial charge on any atom is -0.200 e. The maximum Gasteiger partial charge on any atom is 0.220 e. The van der Waals surface area contributed by atoms with Crippen LogP contribution in [-0.4, -0.2) is 0 Å². The highest BCUT2D eigenvalue weighted by Gasteiger charge is 2.22. The summed E-state index contributed by atoms with van der Waals surface area (Å²) in [5.74, 6) is 1.36. The first-order valence-corrected chi connectivity index (χ1v) is 10.6. The molecule has 1 unspecified atom stereocenters. The molecule has 0 saturated heterocycles. The third-order valence-corrected chi connectivity index (χ3v) is 6.69. The van der Waals surface area contributed by atoms with E-state index in [-0.39, 0.29) is 0 Å². The molecule has 0 bridgehead atoms. The van der Waals surface area contributed by atoms with E-state index in [2.05, 4.69) is 81.0 Å². The lowest BCUT2D eigenvalue weighted by Gasteiger charge is -2.15. The highest BCUT2D eigenvalue weighted by atomic mass is 14.9. The van der Waals surface area contributed by atoms with Gasteiger partial charge in [0.1, 0.15) is 7.05 Å². The Kier molecular flexibility index (Phi) is 5.04. The maximum atomic E-state index is 2.47. The zero-order valence-corrected chi connectivity index (χ0v) is 17.3. The summed E-state index contributed by atoms with van der Waals surface area (Å²) >= 11 is 0. The average molecular weight is 359 g/mol. The molecule has 140 valence electrons. The molecule has 0 amide bonds. The van der Waals surface area contributed by atoms with E-state index in [0.29, 0.717) is 5.92 Å². The number of hydrogen-bond donors (Lipinski definition) is 0. The van der Waals surface area contributed by atoms with E-state index in [1.807, 2.05) is 0 Å². The van der Waals surface area contributed by atoms with Crippen molar-refractivity contribution in [3.63, 3.8) is 0 Å². The van der Waals surface area contributed by atoms with Gasteiger partial charge in [0.2, 0.25) is 5.69 Å². The van der Waals surface area contributed by atoms with Crippen molar-refractivity contribution in [2.45, 2.75) is 64.7 Å². The van der Waals surface area contributed by atoms with Crippen LogP contribution >= 0.6 is 0 Å². The molecule has 0 N–H and O–H groups in total. The van der Waals surface area contributed by atoms with Gasteiger partial charge in [-0.2, -0.15) is 0 Å². The van der Waals surface area contributed by atoms with Crippen molar-refractivity contribution in [1.82, 2.24) is 0 Å². The van der Waals surface area contributed by atoms with Crippen LogP contribution in [0.4, 0.5) is 0 Å². The van der Waals surface area contributed by atoms with E-state index in [4.69, 9.17) is 0 Å². The molecule has 27 heavy (non-hydrogen) atoms. The first kappa shape index (κ1) is 18.2. The van der Waals surface area contributed by atoms with Crippen molar-refractivity contribution in [3.8, 4) is 11.3 Å². The summed E-state index contributed by atoms with van der Waals surface area (Å²) in [5.41, 5.74) is 7.08. The first-order chi connectivity index (χ1) is 13.1. The van der Waals surface area contributed by atoms with Crippen LogP contribution in [0.2, 0.25) is 0 Å². The lowest BCUT2D eigenvalue weighted by molar-refractivity contribution is -0.659. The smallest absolute Gasteiger partial charge is 0.200 e. The maximum absolute atomic E-state index is 2.47. The normalized spacial score (nSPS) is 16.1. The molecule has 1 heteroatoms. The molecular formula is C26H32N+. The van der Waals surface area contributed by atoms with Gasteiger partial charge in [0.05, 0.1) is 5.39 Å². The topological polar surface area (TPSA) is 3.88 Å². The van der Waals surface area contributed by atoms with Crippen LogP contribution in [0.3, 0.4) is 0 Å². The van der Waals surface area contributed by atoms with Gasteiger partial charge in [-0.05, 0) is 72.2 Å². The van der Waals surface area contributed by atoms with Crippen LogP contribution in [0.25, 0.3) is 22.0 Å². The second-order valence-corrected chi connectivity index (χ2v) is 8.49. The zero-order valence-electron chi connectivity index (χ0n) is 17.3. The average Bonchev–Trinajstić information content (AvgIpc) is 3.22. The summed E-state index contributed by atoms with van der Waals surface area (Å²) in [6, 6.07) is 16.5. The highest BCUT2D eigenvalue weighted by Crippen LogP contribution is 2.37. The molecule has 0 spiro atoms. The van der Waals surface area contributed by atoms with Crippen LogP contribution in [0.5, 0.6) is 0 Å². The summed E-state index contributed by atoms with van der Waals surface area (Å²) in [4.78, 5) is 0.